The third kappa shape index (κ3) is 21.9. The maximum atomic E-state index is 8.54. The molecule has 0 fully saturated rings. The van der Waals surface area contributed by atoms with Crippen LogP contribution in [0.15, 0.2) is 0 Å². The molecule has 0 radical (unpaired) electrons. The van der Waals surface area contributed by atoms with Crippen LogP contribution < -0.4 is 0 Å². The Labute approximate surface area is 166 Å². The molecule has 1 unspecified atom stereocenters. The van der Waals surface area contributed by atoms with E-state index in [-0.39, 0.29) is 6.61 Å². The summed E-state index contributed by atoms with van der Waals surface area (Å²) in [5.41, 5.74) is 0. The van der Waals surface area contributed by atoms with E-state index in [0.717, 1.165) is 18.9 Å². The van der Waals surface area contributed by atoms with Crippen molar-refractivity contribution in [2.24, 2.45) is 5.92 Å². The first-order valence-corrected chi connectivity index (χ1v) is 10.8. The van der Waals surface area contributed by atoms with Gasteiger partial charge in [0.15, 0.2) is 0 Å². The molecular formula is C21H44O6. The van der Waals surface area contributed by atoms with Gasteiger partial charge in [-0.15, -0.1) is 0 Å². The van der Waals surface area contributed by atoms with Gasteiger partial charge in [-0.2, -0.15) is 0 Å². The number of rotatable bonds is 23. The normalized spacial score (nSPS) is 12.6. The quantitative estimate of drug-likeness (QED) is 0.269. The molecule has 0 aromatic heterocycles. The summed E-state index contributed by atoms with van der Waals surface area (Å²) >= 11 is 0. The molecule has 0 spiro atoms. The van der Waals surface area contributed by atoms with Crippen molar-refractivity contribution in [1.82, 2.24) is 0 Å². The van der Waals surface area contributed by atoms with E-state index in [2.05, 4.69) is 13.8 Å². The molecule has 164 valence electrons. The van der Waals surface area contributed by atoms with Gasteiger partial charge in [0.1, 0.15) is 0 Å². The molecule has 0 aliphatic rings. The van der Waals surface area contributed by atoms with Crippen molar-refractivity contribution in [3.8, 4) is 0 Å². The van der Waals surface area contributed by atoms with E-state index in [1.807, 2.05) is 0 Å². The number of aliphatic hydroxyl groups is 1. The molecule has 6 nitrogen and oxygen atoms in total. The summed E-state index contributed by atoms with van der Waals surface area (Å²) < 4.78 is 26.9. The highest BCUT2D eigenvalue weighted by molar-refractivity contribution is 4.58. The fourth-order valence-corrected chi connectivity index (χ4v) is 2.76. The topological polar surface area (TPSA) is 66.4 Å². The molecule has 0 aromatic carbocycles. The zero-order valence-corrected chi connectivity index (χ0v) is 17.8. The lowest BCUT2D eigenvalue weighted by Crippen LogP contribution is -2.13. The molecule has 0 amide bonds. The SMILES string of the molecule is CCCCCC(CC)CCCOCCOCCOCCOCCOCCO. The Morgan fingerprint density at radius 1 is 0.556 bits per heavy atom. The molecule has 0 saturated heterocycles. The summed E-state index contributed by atoms with van der Waals surface area (Å²) in [6, 6.07) is 0. The largest absolute Gasteiger partial charge is 0.394 e. The summed E-state index contributed by atoms with van der Waals surface area (Å²) in [5, 5.41) is 8.54. The number of hydrogen-bond donors (Lipinski definition) is 1. The smallest absolute Gasteiger partial charge is 0.0701 e. The third-order valence-corrected chi connectivity index (χ3v) is 4.42. The second kappa shape index (κ2) is 23.8. The summed E-state index contributed by atoms with van der Waals surface area (Å²) in [6.45, 7) is 10.4. The molecule has 0 heterocycles. The van der Waals surface area contributed by atoms with Crippen molar-refractivity contribution in [1.29, 1.82) is 0 Å². The van der Waals surface area contributed by atoms with Gasteiger partial charge in [-0.05, 0) is 18.8 Å². The summed E-state index contributed by atoms with van der Waals surface area (Å²) in [7, 11) is 0. The lowest BCUT2D eigenvalue weighted by atomic mass is 9.94. The van der Waals surface area contributed by atoms with Gasteiger partial charge in [-0.25, -0.2) is 0 Å². The lowest BCUT2D eigenvalue weighted by molar-refractivity contribution is -0.0135. The molecule has 0 bridgehead atoms. The van der Waals surface area contributed by atoms with Gasteiger partial charge in [-0.3, -0.25) is 0 Å². The van der Waals surface area contributed by atoms with Gasteiger partial charge in [-0.1, -0.05) is 46.0 Å². The lowest BCUT2D eigenvalue weighted by Gasteiger charge is -2.14. The zero-order chi connectivity index (χ0) is 19.8. The van der Waals surface area contributed by atoms with Gasteiger partial charge in [0, 0.05) is 6.61 Å². The van der Waals surface area contributed by atoms with Crippen molar-refractivity contribution >= 4 is 0 Å². The monoisotopic (exact) mass is 392 g/mol. The van der Waals surface area contributed by atoms with Gasteiger partial charge in [0.2, 0.25) is 0 Å². The molecule has 0 rings (SSSR count). The minimum absolute atomic E-state index is 0.0482. The third-order valence-electron chi connectivity index (χ3n) is 4.42. The second-order valence-corrected chi connectivity index (χ2v) is 6.70. The summed E-state index contributed by atoms with van der Waals surface area (Å²) in [5.74, 6) is 0.866. The Hall–Kier alpha value is -0.240. The van der Waals surface area contributed by atoms with Crippen molar-refractivity contribution in [3.63, 3.8) is 0 Å². The van der Waals surface area contributed by atoms with Crippen LogP contribution >= 0.6 is 0 Å². The van der Waals surface area contributed by atoms with Crippen LogP contribution in [-0.4, -0.2) is 77.8 Å². The molecule has 1 N–H and O–H groups in total. The van der Waals surface area contributed by atoms with Crippen LogP contribution in [0.2, 0.25) is 0 Å². The molecular weight excluding hydrogens is 348 g/mol. The summed E-state index contributed by atoms with van der Waals surface area (Å²) in [4.78, 5) is 0. The van der Waals surface area contributed by atoms with Crippen LogP contribution in [0.4, 0.5) is 0 Å². The van der Waals surface area contributed by atoms with E-state index in [4.69, 9.17) is 28.8 Å². The fraction of sp³-hybridized carbons (Fsp3) is 1.00. The van der Waals surface area contributed by atoms with Gasteiger partial charge in [0.25, 0.3) is 0 Å². The first-order chi connectivity index (χ1) is 13.3. The molecule has 0 aliphatic carbocycles. The highest BCUT2D eigenvalue weighted by Gasteiger charge is 2.05. The maximum absolute atomic E-state index is 8.54. The van der Waals surface area contributed by atoms with E-state index in [0.29, 0.717) is 59.5 Å². The van der Waals surface area contributed by atoms with Crippen molar-refractivity contribution < 1.29 is 28.8 Å². The number of aliphatic hydroxyl groups excluding tert-OH is 1. The van der Waals surface area contributed by atoms with Crippen molar-refractivity contribution in [2.45, 2.75) is 58.8 Å². The Morgan fingerprint density at radius 3 is 1.44 bits per heavy atom. The predicted molar refractivity (Wildman–Crippen MR) is 108 cm³/mol. The van der Waals surface area contributed by atoms with Crippen LogP contribution in [-0.2, 0) is 23.7 Å². The minimum atomic E-state index is 0.0482. The molecule has 0 saturated carbocycles. The second-order valence-electron chi connectivity index (χ2n) is 6.70. The highest BCUT2D eigenvalue weighted by atomic mass is 16.6. The van der Waals surface area contributed by atoms with Crippen LogP contribution in [0.1, 0.15) is 58.8 Å². The molecule has 0 aliphatic heterocycles. The Bertz CT molecular complexity index is 265. The number of ether oxygens (including phenoxy) is 5. The first kappa shape index (κ1) is 26.8. The Balaban J connectivity index is 3.14. The van der Waals surface area contributed by atoms with Gasteiger partial charge < -0.3 is 28.8 Å². The average Bonchev–Trinajstić information content (AvgIpc) is 2.69. The average molecular weight is 393 g/mol. The van der Waals surface area contributed by atoms with E-state index < -0.39 is 0 Å². The maximum Gasteiger partial charge on any atom is 0.0701 e. The number of hydrogen-bond acceptors (Lipinski definition) is 6. The standard InChI is InChI=1S/C21H44O6/c1-3-5-6-8-21(4-2)9-7-11-23-13-15-25-17-19-27-20-18-26-16-14-24-12-10-22/h21-22H,3-20H2,1-2H3. The van der Waals surface area contributed by atoms with Crippen molar-refractivity contribution in [3.05, 3.63) is 0 Å². The van der Waals surface area contributed by atoms with E-state index in [1.165, 1.54) is 38.5 Å². The summed E-state index contributed by atoms with van der Waals surface area (Å²) in [6.07, 6.45) is 9.13. The van der Waals surface area contributed by atoms with Gasteiger partial charge in [0.05, 0.1) is 66.1 Å². The predicted octanol–water partition coefficient (Wildman–Crippen LogP) is 3.45. The molecule has 0 aromatic rings. The molecule has 27 heavy (non-hydrogen) atoms. The van der Waals surface area contributed by atoms with Gasteiger partial charge >= 0.3 is 0 Å². The van der Waals surface area contributed by atoms with E-state index >= 15 is 0 Å². The van der Waals surface area contributed by atoms with E-state index in [1.54, 1.807) is 0 Å². The van der Waals surface area contributed by atoms with Crippen LogP contribution in [0.25, 0.3) is 0 Å². The van der Waals surface area contributed by atoms with Crippen LogP contribution in [0.3, 0.4) is 0 Å². The highest BCUT2D eigenvalue weighted by Crippen LogP contribution is 2.18. The Kier molecular flexibility index (Phi) is 23.6. The number of unbranched alkanes of at least 4 members (excludes halogenated alkanes) is 2. The first-order valence-electron chi connectivity index (χ1n) is 10.8. The minimum Gasteiger partial charge on any atom is -0.394 e. The zero-order valence-electron chi connectivity index (χ0n) is 17.8. The van der Waals surface area contributed by atoms with Crippen LogP contribution in [0.5, 0.6) is 0 Å². The van der Waals surface area contributed by atoms with Crippen molar-refractivity contribution in [2.75, 3.05) is 72.7 Å². The Morgan fingerprint density at radius 2 is 1.00 bits per heavy atom. The van der Waals surface area contributed by atoms with Crippen LogP contribution in [0, 0.1) is 5.92 Å². The van der Waals surface area contributed by atoms with E-state index in [9.17, 15) is 0 Å². The fourth-order valence-electron chi connectivity index (χ4n) is 2.76. The molecule has 6 heteroatoms. The molecule has 1 atom stereocenters.